The van der Waals surface area contributed by atoms with Gasteiger partial charge in [0.1, 0.15) is 0 Å². The number of likely N-dealkylation sites (N-methyl/N-ethyl adjacent to an activating group) is 1. The van der Waals surface area contributed by atoms with Gasteiger partial charge in [-0.3, -0.25) is 9.88 Å². The van der Waals surface area contributed by atoms with Crippen LogP contribution < -0.4 is 5.32 Å². The van der Waals surface area contributed by atoms with E-state index in [9.17, 15) is 0 Å². The Morgan fingerprint density at radius 3 is 2.80 bits per heavy atom. The molecular weight excluding hydrogens is 246 g/mol. The van der Waals surface area contributed by atoms with Gasteiger partial charge in [0.05, 0.1) is 0 Å². The van der Waals surface area contributed by atoms with E-state index in [0.29, 0.717) is 5.92 Å². The zero-order valence-corrected chi connectivity index (χ0v) is 11.9. The minimum absolute atomic E-state index is 0.591. The van der Waals surface area contributed by atoms with Gasteiger partial charge in [0, 0.05) is 43.6 Å². The van der Waals surface area contributed by atoms with Crippen LogP contribution in [0.3, 0.4) is 0 Å². The Labute approximate surface area is 120 Å². The van der Waals surface area contributed by atoms with E-state index < -0.39 is 0 Å². The maximum atomic E-state index is 4.08. The topological polar surface area (TPSA) is 28.2 Å². The highest BCUT2D eigenvalue weighted by atomic mass is 15.1. The van der Waals surface area contributed by atoms with Crippen LogP contribution in [-0.4, -0.2) is 29.5 Å². The SMILES string of the molecule is CCN(Cc1ccncc1)CC1CNc2ccccc21. The summed E-state index contributed by atoms with van der Waals surface area (Å²) >= 11 is 0. The van der Waals surface area contributed by atoms with Gasteiger partial charge in [0.15, 0.2) is 0 Å². The van der Waals surface area contributed by atoms with E-state index in [-0.39, 0.29) is 0 Å². The van der Waals surface area contributed by atoms with Gasteiger partial charge in [0.2, 0.25) is 0 Å². The molecule has 0 saturated heterocycles. The Bertz CT molecular complexity index is 553. The van der Waals surface area contributed by atoms with Crippen LogP contribution in [0.1, 0.15) is 24.0 Å². The number of para-hydroxylation sites is 1. The third-order valence-corrected chi connectivity index (χ3v) is 4.02. The predicted octanol–water partition coefficient (Wildman–Crippen LogP) is 3.11. The number of rotatable bonds is 5. The highest BCUT2D eigenvalue weighted by molar-refractivity contribution is 5.57. The van der Waals surface area contributed by atoms with Gasteiger partial charge in [-0.25, -0.2) is 0 Å². The van der Waals surface area contributed by atoms with E-state index in [4.69, 9.17) is 0 Å². The number of hydrogen-bond donors (Lipinski definition) is 1. The van der Waals surface area contributed by atoms with Crippen LogP contribution in [0.2, 0.25) is 0 Å². The third-order valence-electron chi connectivity index (χ3n) is 4.02. The number of aromatic nitrogens is 1. The second-order valence-corrected chi connectivity index (χ2v) is 5.35. The van der Waals surface area contributed by atoms with Crippen molar-refractivity contribution < 1.29 is 0 Å². The van der Waals surface area contributed by atoms with Crippen molar-refractivity contribution in [3.05, 3.63) is 59.9 Å². The molecule has 1 unspecified atom stereocenters. The zero-order chi connectivity index (χ0) is 13.8. The molecule has 1 aromatic carbocycles. The summed E-state index contributed by atoms with van der Waals surface area (Å²) in [5, 5.41) is 3.51. The minimum atomic E-state index is 0.591. The number of benzene rings is 1. The van der Waals surface area contributed by atoms with Crippen LogP contribution in [0.4, 0.5) is 5.69 Å². The monoisotopic (exact) mass is 267 g/mol. The van der Waals surface area contributed by atoms with Crippen molar-refractivity contribution in [1.29, 1.82) is 0 Å². The van der Waals surface area contributed by atoms with E-state index in [1.54, 1.807) is 0 Å². The summed E-state index contributed by atoms with van der Waals surface area (Å²) in [6.45, 7) is 6.45. The lowest BCUT2D eigenvalue weighted by Crippen LogP contribution is -2.29. The third kappa shape index (κ3) is 2.83. The van der Waals surface area contributed by atoms with Gasteiger partial charge in [-0.2, -0.15) is 0 Å². The Hall–Kier alpha value is -1.87. The van der Waals surface area contributed by atoms with E-state index in [0.717, 1.165) is 26.2 Å². The van der Waals surface area contributed by atoms with E-state index in [2.05, 4.69) is 58.5 Å². The average molecular weight is 267 g/mol. The number of fused-ring (bicyclic) bond motifs is 1. The summed E-state index contributed by atoms with van der Waals surface area (Å²) in [5.41, 5.74) is 4.10. The van der Waals surface area contributed by atoms with Crippen molar-refractivity contribution in [2.75, 3.05) is 25.0 Å². The first-order valence-corrected chi connectivity index (χ1v) is 7.31. The molecule has 3 nitrogen and oxygen atoms in total. The Balaban J connectivity index is 1.67. The molecule has 1 aromatic heterocycles. The summed E-state index contributed by atoms with van der Waals surface area (Å²) in [7, 11) is 0. The maximum Gasteiger partial charge on any atom is 0.0376 e. The van der Waals surface area contributed by atoms with E-state index >= 15 is 0 Å². The first kappa shape index (κ1) is 13.1. The van der Waals surface area contributed by atoms with Crippen LogP contribution in [0.15, 0.2) is 48.8 Å². The van der Waals surface area contributed by atoms with Gasteiger partial charge in [0.25, 0.3) is 0 Å². The van der Waals surface area contributed by atoms with Gasteiger partial charge in [-0.15, -0.1) is 0 Å². The quantitative estimate of drug-likeness (QED) is 0.902. The summed E-state index contributed by atoms with van der Waals surface area (Å²) in [6.07, 6.45) is 3.74. The lowest BCUT2D eigenvalue weighted by atomic mass is 10.0. The smallest absolute Gasteiger partial charge is 0.0376 e. The maximum absolute atomic E-state index is 4.08. The Morgan fingerprint density at radius 2 is 2.00 bits per heavy atom. The van der Waals surface area contributed by atoms with Crippen molar-refractivity contribution in [3.63, 3.8) is 0 Å². The van der Waals surface area contributed by atoms with Gasteiger partial charge in [-0.1, -0.05) is 25.1 Å². The molecule has 0 saturated carbocycles. The molecule has 0 radical (unpaired) electrons. The van der Waals surface area contributed by atoms with Crippen molar-refractivity contribution in [1.82, 2.24) is 9.88 Å². The van der Waals surface area contributed by atoms with Crippen LogP contribution in [0.5, 0.6) is 0 Å². The van der Waals surface area contributed by atoms with Gasteiger partial charge >= 0.3 is 0 Å². The first-order chi connectivity index (χ1) is 9.86. The van der Waals surface area contributed by atoms with Crippen molar-refractivity contribution in [3.8, 4) is 0 Å². The van der Waals surface area contributed by atoms with Crippen LogP contribution in [0.25, 0.3) is 0 Å². The Morgan fingerprint density at radius 1 is 1.20 bits per heavy atom. The fourth-order valence-corrected chi connectivity index (χ4v) is 2.88. The lowest BCUT2D eigenvalue weighted by Gasteiger charge is -2.24. The highest BCUT2D eigenvalue weighted by Crippen LogP contribution is 2.31. The van der Waals surface area contributed by atoms with Crippen molar-refractivity contribution in [2.24, 2.45) is 0 Å². The molecule has 1 atom stereocenters. The fourth-order valence-electron chi connectivity index (χ4n) is 2.88. The summed E-state index contributed by atoms with van der Waals surface area (Å²) in [6, 6.07) is 12.9. The molecule has 2 aromatic rings. The normalized spacial score (nSPS) is 17.0. The number of pyridine rings is 1. The second-order valence-electron chi connectivity index (χ2n) is 5.35. The molecule has 104 valence electrons. The van der Waals surface area contributed by atoms with E-state index in [1.165, 1.54) is 16.8 Å². The number of hydrogen-bond acceptors (Lipinski definition) is 3. The molecule has 1 aliphatic heterocycles. The summed E-state index contributed by atoms with van der Waals surface area (Å²) < 4.78 is 0. The zero-order valence-electron chi connectivity index (χ0n) is 11.9. The van der Waals surface area contributed by atoms with Crippen molar-refractivity contribution in [2.45, 2.75) is 19.4 Å². The van der Waals surface area contributed by atoms with Crippen molar-refractivity contribution >= 4 is 5.69 Å². The molecule has 1 N–H and O–H groups in total. The molecule has 0 spiro atoms. The number of anilines is 1. The highest BCUT2D eigenvalue weighted by Gasteiger charge is 2.23. The standard InChI is InChI=1S/C17H21N3/c1-2-20(12-14-7-9-18-10-8-14)13-15-11-19-17-6-4-3-5-16(15)17/h3-10,15,19H,2,11-13H2,1H3. The predicted molar refractivity (Wildman–Crippen MR) is 82.9 cm³/mol. The summed E-state index contributed by atoms with van der Waals surface area (Å²) in [5.74, 6) is 0.591. The van der Waals surface area contributed by atoms with Crippen LogP contribution in [0, 0.1) is 0 Å². The molecule has 2 heterocycles. The number of nitrogens with one attached hydrogen (secondary N) is 1. The molecule has 0 amide bonds. The average Bonchev–Trinajstić information content (AvgIpc) is 2.91. The van der Waals surface area contributed by atoms with Crippen LogP contribution in [-0.2, 0) is 6.54 Å². The minimum Gasteiger partial charge on any atom is -0.384 e. The summed E-state index contributed by atoms with van der Waals surface area (Å²) in [4.78, 5) is 6.59. The number of nitrogens with zero attached hydrogens (tertiary/aromatic N) is 2. The Kier molecular flexibility index (Phi) is 3.97. The molecule has 3 heteroatoms. The first-order valence-electron chi connectivity index (χ1n) is 7.31. The van der Waals surface area contributed by atoms with Crippen LogP contribution >= 0.6 is 0 Å². The van der Waals surface area contributed by atoms with E-state index in [1.807, 2.05) is 12.4 Å². The van der Waals surface area contributed by atoms with Gasteiger partial charge in [-0.05, 0) is 35.9 Å². The largest absolute Gasteiger partial charge is 0.384 e. The molecule has 0 bridgehead atoms. The molecule has 20 heavy (non-hydrogen) atoms. The van der Waals surface area contributed by atoms with Gasteiger partial charge < -0.3 is 5.32 Å². The second kappa shape index (κ2) is 6.06. The molecule has 1 aliphatic rings. The molecule has 3 rings (SSSR count). The molecular formula is C17H21N3. The fraction of sp³-hybridized carbons (Fsp3) is 0.353. The molecule has 0 fully saturated rings. The molecule has 0 aliphatic carbocycles. The lowest BCUT2D eigenvalue weighted by molar-refractivity contribution is 0.266.